The van der Waals surface area contributed by atoms with Gasteiger partial charge in [-0.1, -0.05) is 0 Å². The van der Waals surface area contributed by atoms with Crippen molar-refractivity contribution < 1.29 is 19.1 Å². The average Bonchev–Trinajstić information content (AvgIpc) is 2.78. The Morgan fingerprint density at radius 1 is 1.10 bits per heavy atom. The summed E-state index contributed by atoms with van der Waals surface area (Å²) in [6.07, 6.45) is 6.01. The van der Waals surface area contributed by atoms with Crippen molar-refractivity contribution in [2.24, 2.45) is 0 Å². The first kappa shape index (κ1) is 19.3. The van der Waals surface area contributed by atoms with Crippen molar-refractivity contribution in [3.8, 4) is 5.88 Å². The second kappa shape index (κ2) is 8.16. The molecule has 8 nitrogen and oxygen atoms in total. The fraction of sp³-hybridized carbons (Fsp3) is 0.429. The molecule has 2 amide bonds. The summed E-state index contributed by atoms with van der Waals surface area (Å²) < 4.78 is 10.5. The molecule has 2 fully saturated rings. The Balaban J connectivity index is 1.42. The molecule has 2 saturated heterocycles. The second-order valence-electron chi connectivity index (χ2n) is 7.24. The molecule has 0 spiro atoms. The van der Waals surface area contributed by atoms with E-state index < -0.39 is 6.10 Å². The maximum Gasteiger partial charge on any atom is 0.255 e. The lowest BCUT2D eigenvalue weighted by atomic mass is 9.86. The SMILES string of the molecule is COc1ccc(C(=O)N2CCC(N3C(=O)[C@H](OC)[C@@H]3c3ccncc3)CC2)cn1. The minimum absolute atomic E-state index is 0.0124. The Labute approximate surface area is 169 Å². The topological polar surface area (TPSA) is 84.9 Å². The number of amides is 2. The van der Waals surface area contributed by atoms with Crippen LogP contribution in [0.2, 0.25) is 0 Å². The van der Waals surface area contributed by atoms with Crippen LogP contribution >= 0.6 is 0 Å². The lowest BCUT2D eigenvalue weighted by molar-refractivity contribution is -0.178. The molecule has 2 aromatic rings. The van der Waals surface area contributed by atoms with Gasteiger partial charge in [0.25, 0.3) is 11.8 Å². The van der Waals surface area contributed by atoms with Gasteiger partial charge in [0.1, 0.15) is 0 Å². The van der Waals surface area contributed by atoms with Gasteiger partial charge in [0.05, 0.1) is 18.7 Å². The van der Waals surface area contributed by atoms with E-state index in [0.29, 0.717) is 24.5 Å². The Hall–Kier alpha value is -3.00. The summed E-state index contributed by atoms with van der Waals surface area (Å²) in [5.74, 6) is 0.443. The van der Waals surface area contributed by atoms with E-state index in [4.69, 9.17) is 9.47 Å². The number of pyridine rings is 2. The average molecular weight is 396 g/mol. The number of rotatable bonds is 5. The van der Waals surface area contributed by atoms with E-state index in [1.807, 2.05) is 21.9 Å². The van der Waals surface area contributed by atoms with E-state index in [9.17, 15) is 9.59 Å². The van der Waals surface area contributed by atoms with Crippen LogP contribution in [-0.2, 0) is 9.53 Å². The smallest absolute Gasteiger partial charge is 0.255 e. The third kappa shape index (κ3) is 3.55. The van der Waals surface area contributed by atoms with Gasteiger partial charge in [-0.2, -0.15) is 0 Å². The lowest BCUT2D eigenvalue weighted by Crippen LogP contribution is -2.64. The van der Waals surface area contributed by atoms with Crippen molar-refractivity contribution in [2.75, 3.05) is 27.3 Å². The van der Waals surface area contributed by atoms with Crippen LogP contribution in [0.3, 0.4) is 0 Å². The van der Waals surface area contributed by atoms with E-state index in [1.54, 1.807) is 38.7 Å². The standard InChI is InChI=1S/C21H24N4O4/c1-28-17-4-3-15(13-23-17)20(26)24-11-7-16(8-12-24)25-18(19(29-2)21(25)27)14-5-9-22-10-6-14/h3-6,9-10,13,16,18-19H,7-8,11-12H2,1-2H3/t18-,19+/m0/s1. The Kier molecular flexibility index (Phi) is 5.44. The number of piperidine rings is 1. The van der Waals surface area contributed by atoms with Crippen LogP contribution < -0.4 is 4.74 Å². The predicted molar refractivity (Wildman–Crippen MR) is 104 cm³/mol. The zero-order valence-corrected chi connectivity index (χ0v) is 16.5. The van der Waals surface area contributed by atoms with Crippen molar-refractivity contribution in [3.05, 3.63) is 54.0 Å². The quantitative estimate of drug-likeness (QED) is 0.715. The summed E-state index contributed by atoms with van der Waals surface area (Å²) in [6.45, 7) is 1.19. The van der Waals surface area contributed by atoms with Gasteiger partial charge in [-0.25, -0.2) is 4.98 Å². The normalized spacial score (nSPS) is 22.3. The highest BCUT2D eigenvalue weighted by molar-refractivity contribution is 5.94. The molecular formula is C21H24N4O4. The third-order valence-electron chi connectivity index (χ3n) is 5.72. The van der Waals surface area contributed by atoms with Crippen molar-refractivity contribution in [1.82, 2.24) is 19.8 Å². The molecule has 152 valence electrons. The number of aromatic nitrogens is 2. The van der Waals surface area contributed by atoms with Gasteiger partial charge in [-0.05, 0) is 36.6 Å². The van der Waals surface area contributed by atoms with Gasteiger partial charge in [-0.15, -0.1) is 0 Å². The zero-order valence-electron chi connectivity index (χ0n) is 16.5. The molecule has 0 aliphatic carbocycles. The predicted octanol–water partition coefficient (Wildman–Crippen LogP) is 1.69. The number of β-lactam (4-membered cyclic amide) rings is 1. The van der Waals surface area contributed by atoms with Crippen molar-refractivity contribution in [1.29, 1.82) is 0 Å². The number of likely N-dealkylation sites (tertiary alicyclic amines) is 2. The molecule has 2 atom stereocenters. The summed E-state index contributed by atoms with van der Waals surface area (Å²) in [5.41, 5.74) is 1.56. The molecule has 29 heavy (non-hydrogen) atoms. The molecule has 2 aliphatic heterocycles. The van der Waals surface area contributed by atoms with Crippen LogP contribution in [0, 0.1) is 0 Å². The number of methoxy groups -OCH3 is 2. The molecule has 2 aliphatic rings. The highest BCUT2D eigenvalue weighted by atomic mass is 16.5. The minimum Gasteiger partial charge on any atom is -0.481 e. The molecule has 0 aromatic carbocycles. The molecule has 4 rings (SSSR count). The Morgan fingerprint density at radius 3 is 2.41 bits per heavy atom. The van der Waals surface area contributed by atoms with E-state index >= 15 is 0 Å². The highest BCUT2D eigenvalue weighted by Crippen LogP contribution is 2.40. The molecule has 0 unspecified atom stereocenters. The first-order valence-electron chi connectivity index (χ1n) is 9.68. The van der Waals surface area contributed by atoms with Gasteiger partial charge in [0, 0.05) is 50.9 Å². The number of carbonyl (C=O) groups is 2. The number of carbonyl (C=O) groups excluding carboxylic acids is 2. The minimum atomic E-state index is -0.456. The van der Waals surface area contributed by atoms with Crippen molar-refractivity contribution >= 4 is 11.8 Å². The molecule has 0 bridgehead atoms. The van der Waals surface area contributed by atoms with Crippen LogP contribution in [0.4, 0.5) is 0 Å². The fourth-order valence-corrected chi connectivity index (χ4v) is 4.17. The highest BCUT2D eigenvalue weighted by Gasteiger charge is 2.51. The Morgan fingerprint density at radius 2 is 1.83 bits per heavy atom. The van der Waals surface area contributed by atoms with Crippen LogP contribution in [0.1, 0.15) is 34.8 Å². The summed E-state index contributed by atoms with van der Waals surface area (Å²) in [5, 5.41) is 0. The number of hydrogen-bond acceptors (Lipinski definition) is 6. The molecular weight excluding hydrogens is 372 g/mol. The van der Waals surface area contributed by atoms with Crippen LogP contribution in [0.15, 0.2) is 42.9 Å². The fourth-order valence-electron chi connectivity index (χ4n) is 4.17. The second-order valence-corrected chi connectivity index (χ2v) is 7.24. The van der Waals surface area contributed by atoms with Crippen LogP contribution in [-0.4, -0.2) is 71.0 Å². The van der Waals surface area contributed by atoms with Gasteiger partial charge in [0.2, 0.25) is 5.88 Å². The van der Waals surface area contributed by atoms with Gasteiger partial charge < -0.3 is 19.3 Å². The van der Waals surface area contributed by atoms with Crippen LogP contribution in [0.5, 0.6) is 5.88 Å². The summed E-state index contributed by atoms with van der Waals surface area (Å²) in [6, 6.07) is 7.24. The molecule has 8 heteroatoms. The van der Waals surface area contributed by atoms with E-state index in [2.05, 4.69) is 9.97 Å². The summed E-state index contributed by atoms with van der Waals surface area (Å²) in [7, 11) is 3.11. The van der Waals surface area contributed by atoms with Crippen molar-refractivity contribution in [3.63, 3.8) is 0 Å². The molecule has 0 saturated carbocycles. The van der Waals surface area contributed by atoms with E-state index in [1.165, 1.54) is 6.20 Å². The summed E-state index contributed by atoms with van der Waals surface area (Å²) in [4.78, 5) is 37.3. The molecule has 0 radical (unpaired) electrons. The zero-order chi connectivity index (χ0) is 20.4. The van der Waals surface area contributed by atoms with Gasteiger partial charge >= 0.3 is 0 Å². The Bertz CT molecular complexity index is 866. The van der Waals surface area contributed by atoms with Gasteiger partial charge in [-0.3, -0.25) is 14.6 Å². The molecule has 4 heterocycles. The van der Waals surface area contributed by atoms with Crippen LogP contribution in [0.25, 0.3) is 0 Å². The molecule has 0 N–H and O–H groups in total. The summed E-state index contributed by atoms with van der Waals surface area (Å²) >= 11 is 0. The maximum absolute atomic E-state index is 12.7. The largest absolute Gasteiger partial charge is 0.481 e. The number of nitrogens with zero attached hydrogens (tertiary/aromatic N) is 4. The van der Waals surface area contributed by atoms with E-state index in [0.717, 1.165) is 18.4 Å². The first-order valence-corrected chi connectivity index (χ1v) is 9.68. The third-order valence-corrected chi connectivity index (χ3v) is 5.72. The van der Waals surface area contributed by atoms with Gasteiger partial charge in [0.15, 0.2) is 6.10 Å². The molecule has 2 aromatic heterocycles. The monoisotopic (exact) mass is 396 g/mol. The van der Waals surface area contributed by atoms with E-state index in [-0.39, 0.29) is 23.9 Å². The number of hydrogen-bond donors (Lipinski definition) is 0. The lowest BCUT2D eigenvalue weighted by Gasteiger charge is -2.52. The first-order chi connectivity index (χ1) is 14.1. The maximum atomic E-state index is 12.7. The number of ether oxygens (including phenoxy) is 2. The van der Waals surface area contributed by atoms with Crippen molar-refractivity contribution in [2.45, 2.75) is 31.0 Å².